The van der Waals surface area contributed by atoms with Gasteiger partial charge < -0.3 is 10.3 Å². The molecule has 0 aliphatic heterocycles. The third kappa shape index (κ3) is 2.83. The fourth-order valence-corrected chi connectivity index (χ4v) is 1.65. The first kappa shape index (κ1) is 11.1. The summed E-state index contributed by atoms with van der Waals surface area (Å²) >= 11 is 5.77. The molecule has 0 spiro atoms. The molecule has 1 atom stereocenters. The van der Waals surface area contributed by atoms with E-state index in [9.17, 15) is 5.21 Å². The zero-order valence-corrected chi connectivity index (χ0v) is 9.45. The molecule has 2 aromatic rings. The molecule has 3 heteroatoms. The number of halogens is 1. The highest BCUT2D eigenvalue weighted by Gasteiger charge is 2.03. The van der Waals surface area contributed by atoms with Gasteiger partial charge in [-0.05, 0) is 12.1 Å². The van der Waals surface area contributed by atoms with Crippen molar-refractivity contribution in [2.24, 2.45) is 0 Å². The second kappa shape index (κ2) is 5.12. The third-order valence-corrected chi connectivity index (χ3v) is 2.63. The summed E-state index contributed by atoms with van der Waals surface area (Å²) in [5, 5.41) is 12.6. The zero-order valence-electron chi connectivity index (χ0n) is 8.69. The molecule has 1 unspecified atom stereocenters. The summed E-state index contributed by atoms with van der Waals surface area (Å²) < 4.78 is 0. The van der Waals surface area contributed by atoms with Crippen LogP contribution >= 0.6 is 11.6 Å². The minimum absolute atomic E-state index is 0.114. The number of rotatable bonds is 3. The van der Waals surface area contributed by atoms with Crippen molar-refractivity contribution < 1.29 is 5.06 Å². The van der Waals surface area contributed by atoms with Gasteiger partial charge in [0.1, 0.15) is 12.2 Å². The maximum Gasteiger partial charge on any atom is 0.131 e. The molecule has 0 fully saturated rings. The van der Waals surface area contributed by atoms with E-state index in [-0.39, 0.29) is 5.06 Å². The Hall–Kier alpha value is -1.35. The first-order valence-corrected chi connectivity index (χ1v) is 5.46. The molecule has 82 valence electrons. The van der Waals surface area contributed by atoms with E-state index in [1.54, 1.807) is 24.3 Å². The van der Waals surface area contributed by atoms with E-state index >= 15 is 0 Å². The third-order valence-electron chi connectivity index (χ3n) is 2.37. The second-order valence-corrected chi connectivity index (χ2v) is 4.03. The molecule has 0 aliphatic rings. The summed E-state index contributed by atoms with van der Waals surface area (Å²) in [6.07, 6.45) is 0. The largest absolute Gasteiger partial charge is 0.629 e. The van der Waals surface area contributed by atoms with Gasteiger partial charge in [-0.25, -0.2) is 0 Å². The lowest BCUT2D eigenvalue weighted by molar-refractivity contribution is -0.791. The quantitative estimate of drug-likeness (QED) is 0.811. The van der Waals surface area contributed by atoms with Gasteiger partial charge in [0, 0.05) is 22.7 Å². The molecule has 0 bridgehead atoms. The molecule has 0 saturated heterocycles. The van der Waals surface area contributed by atoms with Crippen molar-refractivity contribution in [3.05, 3.63) is 70.4 Å². The van der Waals surface area contributed by atoms with Crippen LogP contribution in [0.15, 0.2) is 54.6 Å². The molecule has 2 nitrogen and oxygen atoms in total. The maximum atomic E-state index is 11.9. The highest BCUT2D eigenvalue weighted by Crippen LogP contribution is 2.10. The van der Waals surface area contributed by atoms with Crippen LogP contribution in [0.25, 0.3) is 0 Å². The van der Waals surface area contributed by atoms with Crippen LogP contribution in [0.1, 0.15) is 5.56 Å². The number of nitrogens with one attached hydrogen (secondary N) is 1. The normalized spacial score (nSPS) is 12.4. The van der Waals surface area contributed by atoms with Gasteiger partial charge in [-0.2, -0.15) is 0 Å². The average Bonchev–Trinajstić information content (AvgIpc) is 2.31. The fraction of sp³-hybridized carbons (Fsp3) is 0.0769. The Balaban J connectivity index is 2.09. The van der Waals surface area contributed by atoms with E-state index in [1.165, 1.54) is 0 Å². The summed E-state index contributed by atoms with van der Waals surface area (Å²) in [6, 6.07) is 16.7. The Bertz CT molecular complexity index is 441. The van der Waals surface area contributed by atoms with Crippen molar-refractivity contribution in [1.29, 1.82) is 0 Å². The molecule has 2 rings (SSSR count). The lowest BCUT2D eigenvalue weighted by Crippen LogP contribution is -3.00. The molecular weight excluding hydrogens is 222 g/mol. The van der Waals surface area contributed by atoms with E-state index in [1.807, 2.05) is 30.3 Å². The summed E-state index contributed by atoms with van der Waals surface area (Å²) in [7, 11) is 0. The minimum atomic E-state index is 0.114. The molecule has 0 amide bonds. The number of hydrogen-bond donors (Lipinski definition) is 1. The molecule has 16 heavy (non-hydrogen) atoms. The van der Waals surface area contributed by atoms with Crippen LogP contribution in [-0.2, 0) is 6.54 Å². The zero-order chi connectivity index (χ0) is 11.4. The van der Waals surface area contributed by atoms with Crippen molar-refractivity contribution in [2.75, 3.05) is 0 Å². The molecule has 0 radical (unpaired) electrons. The molecule has 0 heterocycles. The van der Waals surface area contributed by atoms with Gasteiger partial charge in [-0.3, -0.25) is 0 Å². The minimum Gasteiger partial charge on any atom is -0.629 e. The SMILES string of the molecule is [O-][NH+](Cc1ccccc1)c1ccc(Cl)cc1. The predicted molar refractivity (Wildman–Crippen MR) is 65.6 cm³/mol. The van der Waals surface area contributed by atoms with Crippen LogP contribution in [0.3, 0.4) is 0 Å². The van der Waals surface area contributed by atoms with E-state index < -0.39 is 0 Å². The summed E-state index contributed by atoms with van der Waals surface area (Å²) in [5.41, 5.74) is 1.73. The first-order chi connectivity index (χ1) is 7.75. The van der Waals surface area contributed by atoms with Gasteiger partial charge in [0.2, 0.25) is 0 Å². The summed E-state index contributed by atoms with van der Waals surface area (Å²) in [5.74, 6) is 0. The standard InChI is InChI=1S/C13H12ClNO/c14-12-6-8-13(9-7-12)15(16)10-11-4-2-1-3-5-11/h1-9,15H,10H2. The van der Waals surface area contributed by atoms with Crippen LogP contribution in [0, 0.1) is 5.21 Å². The highest BCUT2D eigenvalue weighted by molar-refractivity contribution is 6.30. The van der Waals surface area contributed by atoms with Gasteiger partial charge in [0.05, 0.1) is 0 Å². The second-order valence-electron chi connectivity index (χ2n) is 3.59. The Morgan fingerprint density at radius 1 is 0.938 bits per heavy atom. The van der Waals surface area contributed by atoms with Gasteiger partial charge in [-0.15, -0.1) is 0 Å². The van der Waals surface area contributed by atoms with E-state index in [2.05, 4.69) is 0 Å². The van der Waals surface area contributed by atoms with Crippen LogP contribution in [-0.4, -0.2) is 0 Å². The Morgan fingerprint density at radius 3 is 2.19 bits per heavy atom. The van der Waals surface area contributed by atoms with Gasteiger partial charge in [0.15, 0.2) is 0 Å². The molecule has 1 N–H and O–H groups in total. The number of hydrogen-bond acceptors (Lipinski definition) is 1. The van der Waals surface area contributed by atoms with Gasteiger partial charge >= 0.3 is 0 Å². The van der Waals surface area contributed by atoms with Crippen LogP contribution < -0.4 is 5.06 Å². The smallest absolute Gasteiger partial charge is 0.131 e. The van der Waals surface area contributed by atoms with Crippen molar-refractivity contribution in [3.8, 4) is 0 Å². The number of hydroxylamine groups is 1. The maximum absolute atomic E-state index is 11.9. The molecule has 0 aliphatic carbocycles. The van der Waals surface area contributed by atoms with Gasteiger partial charge in [-0.1, -0.05) is 41.9 Å². The predicted octanol–water partition coefficient (Wildman–Crippen LogP) is 2.55. The van der Waals surface area contributed by atoms with Crippen molar-refractivity contribution in [3.63, 3.8) is 0 Å². The van der Waals surface area contributed by atoms with Gasteiger partial charge in [0.25, 0.3) is 0 Å². The van der Waals surface area contributed by atoms with E-state index in [0.29, 0.717) is 17.3 Å². The molecule has 2 aromatic carbocycles. The Kier molecular flexibility index (Phi) is 3.57. The summed E-state index contributed by atoms with van der Waals surface area (Å²) in [6.45, 7) is 0.433. The van der Waals surface area contributed by atoms with Crippen LogP contribution in [0.4, 0.5) is 5.69 Å². The van der Waals surface area contributed by atoms with Crippen LogP contribution in [0.2, 0.25) is 5.02 Å². The van der Waals surface area contributed by atoms with Crippen molar-refractivity contribution >= 4 is 17.3 Å². The Morgan fingerprint density at radius 2 is 1.56 bits per heavy atom. The number of quaternary nitrogens is 1. The average molecular weight is 234 g/mol. The van der Waals surface area contributed by atoms with E-state index in [4.69, 9.17) is 11.6 Å². The summed E-state index contributed by atoms with van der Waals surface area (Å²) in [4.78, 5) is 0. The number of benzene rings is 2. The van der Waals surface area contributed by atoms with Crippen molar-refractivity contribution in [2.45, 2.75) is 6.54 Å². The highest BCUT2D eigenvalue weighted by atomic mass is 35.5. The molecule has 0 aromatic heterocycles. The first-order valence-electron chi connectivity index (χ1n) is 5.08. The topological polar surface area (TPSA) is 27.5 Å². The monoisotopic (exact) mass is 233 g/mol. The molecule has 0 saturated carbocycles. The van der Waals surface area contributed by atoms with Crippen molar-refractivity contribution in [1.82, 2.24) is 0 Å². The lowest BCUT2D eigenvalue weighted by atomic mass is 10.2. The van der Waals surface area contributed by atoms with Crippen LogP contribution in [0.5, 0.6) is 0 Å². The fourth-order valence-electron chi connectivity index (χ4n) is 1.52. The molecular formula is C13H12ClNO. The Labute approximate surface area is 99.7 Å². The lowest BCUT2D eigenvalue weighted by Gasteiger charge is -2.21. The van der Waals surface area contributed by atoms with E-state index in [0.717, 1.165) is 5.56 Å².